The molecule has 4 heteroatoms. The maximum absolute atomic E-state index is 13.8. The monoisotopic (exact) mass is 262 g/mol. The van der Waals surface area contributed by atoms with Gasteiger partial charge in [0.25, 0.3) is 0 Å². The second-order valence-electron chi connectivity index (χ2n) is 4.51. The fraction of sp³-hybridized carbons (Fsp3) is 0.200. The Morgan fingerprint density at radius 2 is 1.79 bits per heavy atom. The SMILES string of the molecule is CC(c1ccccc1F)N(C)c1ccc(F)cc1N. The molecule has 2 rings (SSSR count). The fourth-order valence-electron chi connectivity index (χ4n) is 2.08. The zero-order chi connectivity index (χ0) is 14.0. The average molecular weight is 262 g/mol. The minimum absolute atomic E-state index is 0.200. The van der Waals surface area contributed by atoms with Crippen molar-refractivity contribution in [2.45, 2.75) is 13.0 Å². The molecule has 0 radical (unpaired) electrons. The van der Waals surface area contributed by atoms with E-state index in [0.29, 0.717) is 16.9 Å². The lowest BCUT2D eigenvalue weighted by molar-refractivity contribution is 0.585. The number of nitrogens with two attached hydrogens (primary N) is 1. The van der Waals surface area contributed by atoms with E-state index in [-0.39, 0.29) is 17.7 Å². The Balaban J connectivity index is 2.33. The van der Waals surface area contributed by atoms with Gasteiger partial charge in [-0.3, -0.25) is 0 Å². The molecule has 0 aliphatic carbocycles. The first-order valence-electron chi connectivity index (χ1n) is 6.03. The molecule has 0 spiro atoms. The highest BCUT2D eigenvalue weighted by Crippen LogP contribution is 2.31. The molecule has 1 atom stereocenters. The van der Waals surface area contributed by atoms with Gasteiger partial charge in [0.05, 0.1) is 17.4 Å². The Bertz CT molecular complexity index is 584. The van der Waals surface area contributed by atoms with Crippen molar-refractivity contribution in [2.75, 3.05) is 17.7 Å². The van der Waals surface area contributed by atoms with Gasteiger partial charge in [-0.05, 0) is 31.2 Å². The Labute approximate surface area is 111 Å². The largest absolute Gasteiger partial charge is 0.397 e. The van der Waals surface area contributed by atoms with Crippen LogP contribution in [0.15, 0.2) is 42.5 Å². The van der Waals surface area contributed by atoms with Gasteiger partial charge in [-0.25, -0.2) is 8.78 Å². The van der Waals surface area contributed by atoms with Crippen LogP contribution in [0.5, 0.6) is 0 Å². The van der Waals surface area contributed by atoms with Crippen LogP contribution in [-0.4, -0.2) is 7.05 Å². The number of benzene rings is 2. The Hall–Kier alpha value is -2.10. The molecule has 0 heterocycles. The van der Waals surface area contributed by atoms with Gasteiger partial charge < -0.3 is 10.6 Å². The molecule has 0 saturated carbocycles. The Morgan fingerprint density at radius 1 is 1.11 bits per heavy atom. The van der Waals surface area contributed by atoms with Gasteiger partial charge in [0.15, 0.2) is 0 Å². The van der Waals surface area contributed by atoms with E-state index in [2.05, 4.69) is 0 Å². The first kappa shape index (κ1) is 13.3. The maximum Gasteiger partial charge on any atom is 0.128 e. The zero-order valence-corrected chi connectivity index (χ0v) is 10.9. The molecule has 0 aromatic heterocycles. The quantitative estimate of drug-likeness (QED) is 0.854. The van der Waals surface area contributed by atoms with Crippen molar-refractivity contribution in [3.63, 3.8) is 0 Å². The third-order valence-corrected chi connectivity index (χ3v) is 3.31. The first-order chi connectivity index (χ1) is 9.00. The minimum Gasteiger partial charge on any atom is -0.397 e. The second kappa shape index (κ2) is 5.26. The lowest BCUT2D eigenvalue weighted by atomic mass is 10.1. The molecule has 100 valence electrons. The predicted molar refractivity (Wildman–Crippen MR) is 74.0 cm³/mol. The molecule has 0 bridgehead atoms. The lowest BCUT2D eigenvalue weighted by Gasteiger charge is -2.28. The molecule has 2 nitrogen and oxygen atoms in total. The van der Waals surface area contributed by atoms with Crippen LogP contribution in [0.1, 0.15) is 18.5 Å². The van der Waals surface area contributed by atoms with E-state index >= 15 is 0 Å². The van der Waals surface area contributed by atoms with Crippen molar-refractivity contribution in [3.8, 4) is 0 Å². The van der Waals surface area contributed by atoms with Crippen LogP contribution in [0.25, 0.3) is 0 Å². The molecule has 1 unspecified atom stereocenters. The summed E-state index contributed by atoms with van der Waals surface area (Å²) in [5.74, 6) is -0.643. The number of nitrogen functional groups attached to an aromatic ring is 1. The number of nitrogens with zero attached hydrogens (tertiary/aromatic N) is 1. The van der Waals surface area contributed by atoms with Gasteiger partial charge in [-0.2, -0.15) is 0 Å². The van der Waals surface area contributed by atoms with Crippen molar-refractivity contribution in [3.05, 3.63) is 59.7 Å². The van der Waals surface area contributed by atoms with Crippen LogP contribution in [0.4, 0.5) is 20.2 Å². The van der Waals surface area contributed by atoms with Gasteiger partial charge in [0.1, 0.15) is 11.6 Å². The smallest absolute Gasteiger partial charge is 0.128 e. The van der Waals surface area contributed by atoms with Crippen molar-refractivity contribution in [2.24, 2.45) is 0 Å². The topological polar surface area (TPSA) is 29.3 Å². The molecule has 0 amide bonds. The summed E-state index contributed by atoms with van der Waals surface area (Å²) in [6, 6.07) is 10.6. The summed E-state index contributed by atoms with van der Waals surface area (Å²) in [6.45, 7) is 1.88. The van der Waals surface area contributed by atoms with E-state index in [1.807, 2.05) is 11.8 Å². The maximum atomic E-state index is 13.8. The third-order valence-electron chi connectivity index (χ3n) is 3.31. The highest BCUT2D eigenvalue weighted by atomic mass is 19.1. The summed E-state index contributed by atoms with van der Waals surface area (Å²) in [7, 11) is 1.81. The van der Waals surface area contributed by atoms with Crippen molar-refractivity contribution in [1.29, 1.82) is 0 Å². The molecule has 2 N–H and O–H groups in total. The van der Waals surface area contributed by atoms with E-state index in [4.69, 9.17) is 5.73 Å². The number of halogens is 2. The summed E-state index contributed by atoms with van der Waals surface area (Å²) in [4.78, 5) is 1.83. The van der Waals surface area contributed by atoms with Gasteiger partial charge in [-0.1, -0.05) is 18.2 Å². The number of hydrogen-bond donors (Lipinski definition) is 1. The number of hydrogen-bond acceptors (Lipinski definition) is 2. The minimum atomic E-state index is -0.381. The molecular weight excluding hydrogens is 246 g/mol. The summed E-state index contributed by atoms with van der Waals surface area (Å²) in [6.07, 6.45) is 0. The molecule has 0 aliphatic rings. The fourth-order valence-corrected chi connectivity index (χ4v) is 2.08. The van der Waals surface area contributed by atoms with Crippen LogP contribution < -0.4 is 10.6 Å². The van der Waals surface area contributed by atoms with Gasteiger partial charge in [-0.15, -0.1) is 0 Å². The predicted octanol–water partition coefficient (Wildman–Crippen LogP) is 3.74. The molecule has 2 aromatic rings. The first-order valence-corrected chi connectivity index (χ1v) is 6.03. The van der Waals surface area contributed by atoms with E-state index < -0.39 is 0 Å². The molecular formula is C15H16F2N2. The molecule has 0 fully saturated rings. The van der Waals surface area contributed by atoms with Crippen LogP contribution in [0, 0.1) is 11.6 Å². The summed E-state index contributed by atoms with van der Waals surface area (Å²) >= 11 is 0. The lowest BCUT2D eigenvalue weighted by Crippen LogP contribution is -2.23. The summed E-state index contributed by atoms with van der Waals surface area (Å²) in [5.41, 5.74) is 7.39. The van der Waals surface area contributed by atoms with Crippen LogP contribution in [0.2, 0.25) is 0 Å². The van der Waals surface area contributed by atoms with Crippen molar-refractivity contribution < 1.29 is 8.78 Å². The number of anilines is 2. The summed E-state index contributed by atoms with van der Waals surface area (Å²) in [5, 5.41) is 0. The molecule has 2 aromatic carbocycles. The third kappa shape index (κ3) is 2.67. The average Bonchev–Trinajstić information content (AvgIpc) is 2.38. The van der Waals surface area contributed by atoms with Crippen molar-refractivity contribution >= 4 is 11.4 Å². The molecule has 0 saturated heterocycles. The number of rotatable bonds is 3. The van der Waals surface area contributed by atoms with Crippen LogP contribution >= 0.6 is 0 Å². The summed E-state index contributed by atoms with van der Waals surface area (Å²) < 4.78 is 26.8. The van der Waals surface area contributed by atoms with E-state index in [1.54, 1.807) is 31.3 Å². The van der Waals surface area contributed by atoms with E-state index in [9.17, 15) is 8.78 Å². The highest BCUT2D eigenvalue weighted by molar-refractivity contribution is 5.67. The van der Waals surface area contributed by atoms with Crippen LogP contribution in [-0.2, 0) is 0 Å². The normalized spacial score (nSPS) is 12.2. The Morgan fingerprint density at radius 3 is 2.42 bits per heavy atom. The molecule has 0 aliphatic heterocycles. The van der Waals surface area contributed by atoms with E-state index in [1.165, 1.54) is 18.2 Å². The van der Waals surface area contributed by atoms with Gasteiger partial charge in [0, 0.05) is 12.6 Å². The standard InChI is InChI=1S/C15H16F2N2/c1-10(12-5-3-4-6-13(12)17)19(2)15-8-7-11(16)9-14(15)18/h3-10H,18H2,1-2H3. The van der Waals surface area contributed by atoms with Crippen LogP contribution in [0.3, 0.4) is 0 Å². The second-order valence-corrected chi connectivity index (χ2v) is 4.51. The van der Waals surface area contributed by atoms with Gasteiger partial charge in [0.2, 0.25) is 0 Å². The highest BCUT2D eigenvalue weighted by Gasteiger charge is 2.17. The Kier molecular flexibility index (Phi) is 3.69. The van der Waals surface area contributed by atoms with E-state index in [0.717, 1.165) is 0 Å². The van der Waals surface area contributed by atoms with Crippen molar-refractivity contribution in [1.82, 2.24) is 0 Å². The zero-order valence-electron chi connectivity index (χ0n) is 10.9. The van der Waals surface area contributed by atoms with Gasteiger partial charge >= 0.3 is 0 Å². The molecule has 19 heavy (non-hydrogen) atoms.